The largest absolute Gasteiger partial charge is 0.293 e. The molecule has 0 unspecified atom stereocenters. The van der Waals surface area contributed by atoms with Crippen molar-refractivity contribution in [3.63, 3.8) is 0 Å². The number of hydrogen-bond acceptors (Lipinski definition) is 3. The lowest BCUT2D eigenvalue weighted by Gasteiger charge is -2.10. The molecule has 0 atom stereocenters. The number of rotatable bonds is 8. The SMILES string of the molecule is O=C(CSCC(=O)c1ccccc1-c1ccccc1)c1ccccc1-c1ccccc1. The molecule has 0 heterocycles. The number of carbonyl (C=O) groups is 2. The zero-order valence-electron chi connectivity index (χ0n) is 17.0. The van der Waals surface area contributed by atoms with Crippen LogP contribution in [0, 0.1) is 0 Å². The highest BCUT2D eigenvalue weighted by Crippen LogP contribution is 2.26. The van der Waals surface area contributed by atoms with Crippen LogP contribution >= 0.6 is 11.8 Å². The maximum absolute atomic E-state index is 12.9. The molecule has 0 N–H and O–H groups in total. The fourth-order valence-electron chi connectivity index (χ4n) is 3.58. The second-order valence-corrected chi connectivity index (χ2v) is 8.15. The molecule has 0 aliphatic heterocycles. The topological polar surface area (TPSA) is 34.1 Å². The summed E-state index contributed by atoms with van der Waals surface area (Å²) in [6.45, 7) is 0. The van der Waals surface area contributed by atoms with Crippen LogP contribution in [0.1, 0.15) is 20.7 Å². The number of carbonyl (C=O) groups excluding carboxylic acids is 2. The summed E-state index contributed by atoms with van der Waals surface area (Å²) in [6, 6.07) is 35.1. The Hall–Kier alpha value is -3.43. The summed E-state index contributed by atoms with van der Waals surface area (Å²) in [6.07, 6.45) is 0. The number of Topliss-reactive ketones (excluding diaryl/α,β-unsaturated/α-hetero) is 2. The summed E-state index contributed by atoms with van der Waals surface area (Å²) in [4.78, 5) is 25.8. The Bertz CT molecular complexity index is 1090. The summed E-state index contributed by atoms with van der Waals surface area (Å²) in [5.41, 5.74) is 5.27. The molecule has 3 heteroatoms. The first-order chi connectivity index (χ1) is 15.2. The number of ketones is 2. The fraction of sp³-hybridized carbons (Fsp3) is 0.0714. The Balaban J connectivity index is 1.45. The smallest absolute Gasteiger partial charge is 0.173 e. The first-order valence-corrected chi connectivity index (χ1v) is 11.3. The van der Waals surface area contributed by atoms with Crippen LogP contribution in [0.25, 0.3) is 22.3 Å². The molecule has 0 aliphatic rings. The van der Waals surface area contributed by atoms with Crippen molar-refractivity contribution in [1.29, 1.82) is 0 Å². The maximum atomic E-state index is 12.9. The predicted octanol–water partition coefficient (Wildman–Crippen LogP) is 6.82. The number of benzene rings is 4. The van der Waals surface area contributed by atoms with Gasteiger partial charge in [-0.05, 0) is 22.3 Å². The Morgan fingerprint density at radius 1 is 0.484 bits per heavy atom. The van der Waals surface area contributed by atoms with Gasteiger partial charge in [-0.25, -0.2) is 0 Å². The quantitative estimate of drug-likeness (QED) is 0.292. The molecule has 0 saturated heterocycles. The van der Waals surface area contributed by atoms with Crippen LogP contribution < -0.4 is 0 Å². The van der Waals surface area contributed by atoms with Gasteiger partial charge in [0.25, 0.3) is 0 Å². The van der Waals surface area contributed by atoms with Gasteiger partial charge in [0.15, 0.2) is 11.6 Å². The molecular formula is C28H22O2S. The molecule has 4 rings (SSSR count). The average Bonchev–Trinajstić information content (AvgIpc) is 2.85. The van der Waals surface area contributed by atoms with Crippen LogP contribution in [-0.2, 0) is 0 Å². The Labute approximate surface area is 187 Å². The Morgan fingerprint density at radius 3 is 1.26 bits per heavy atom. The zero-order valence-corrected chi connectivity index (χ0v) is 17.8. The van der Waals surface area contributed by atoms with Gasteiger partial charge in [-0.3, -0.25) is 9.59 Å². The highest BCUT2D eigenvalue weighted by Gasteiger charge is 2.15. The van der Waals surface area contributed by atoms with E-state index >= 15 is 0 Å². The molecule has 4 aromatic rings. The van der Waals surface area contributed by atoms with E-state index in [4.69, 9.17) is 0 Å². The van der Waals surface area contributed by atoms with Crippen molar-refractivity contribution in [2.45, 2.75) is 0 Å². The van der Waals surface area contributed by atoms with Crippen molar-refractivity contribution in [3.05, 3.63) is 120 Å². The Morgan fingerprint density at radius 2 is 0.839 bits per heavy atom. The van der Waals surface area contributed by atoms with Crippen molar-refractivity contribution in [2.75, 3.05) is 11.5 Å². The molecule has 0 spiro atoms. The van der Waals surface area contributed by atoms with Crippen molar-refractivity contribution in [1.82, 2.24) is 0 Å². The normalized spacial score (nSPS) is 10.6. The summed E-state index contributed by atoms with van der Waals surface area (Å²) in [5, 5.41) is 0. The minimum Gasteiger partial charge on any atom is -0.293 e. The van der Waals surface area contributed by atoms with E-state index in [2.05, 4.69) is 0 Å². The van der Waals surface area contributed by atoms with E-state index in [1.165, 1.54) is 11.8 Å². The van der Waals surface area contributed by atoms with E-state index in [0.29, 0.717) is 11.1 Å². The van der Waals surface area contributed by atoms with E-state index < -0.39 is 0 Å². The standard InChI is InChI=1S/C28H22O2S/c29-27(25-17-9-7-15-23(25)21-11-3-1-4-12-21)19-31-20-28(30)26-18-10-8-16-24(26)22-13-5-2-6-14-22/h1-18H,19-20H2. The zero-order chi connectivity index (χ0) is 21.5. The summed E-state index contributed by atoms with van der Waals surface area (Å²) in [7, 11) is 0. The van der Waals surface area contributed by atoms with Crippen LogP contribution in [0.4, 0.5) is 0 Å². The number of hydrogen-bond donors (Lipinski definition) is 0. The molecule has 0 bridgehead atoms. The molecule has 0 aliphatic carbocycles. The van der Waals surface area contributed by atoms with Gasteiger partial charge in [0, 0.05) is 11.1 Å². The molecule has 0 fully saturated rings. The third-order valence-corrected chi connectivity index (χ3v) is 6.02. The molecule has 0 saturated carbocycles. The highest BCUT2D eigenvalue weighted by molar-refractivity contribution is 8.00. The van der Waals surface area contributed by atoms with Crippen LogP contribution in [0.3, 0.4) is 0 Å². The van der Waals surface area contributed by atoms with Crippen LogP contribution in [0.5, 0.6) is 0 Å². The van der Waals surface area contributed by atoms with Gasteiger partial charge in [0.2, 0.25) is 0 Å². The highest BCUT2D eigenvalue weighted by atomic mass is 32.2. The second kappa shape index (κ2) is 10.1. The summed E-state index contributed by atoms with van der Waals surface area (Å²) < 4.78 is 0. The van der Waals surface area contributed by atoms with Crippen molar-refractivity contribution < 1.29 is 9.59 Å². The molecule has 0 radical (unpaired) electrons. The lowest BCUT2D eigenvalue weighted by atomic mass is 9.97. The third-order valence-electron chi connectivity index (χ3n) is 5.09. The molecule has 4 aromatic carbocycles. The van der Waals surface area contributed by atoms with E-state index in [-0.39, 0.29) is 23.1 Å². The fourth-order valence-corrected chi connectivity index (χ4v) is 4.37. The maximum Gasteiger partial charge on any atom is 0.173 e. The first-order valence-electron chi connectivity index (χ1n) is 10.2. The molecule has 0 aromatic heterocycles. The van der Waals surface area contributed by atoms with Crippen molar-refractivity contribution >= 4 is 23.3 Å². The third kappa shape index (κ3) is 5.01. The van der Waals surface area contributed by atoms with E-state index in [1.807, 2.05) is 109 Å². The van der Waals surface area contributed by atoms with Gasteiger partial charge in [-0.1, -0.05) is 109 Å². The Kier molecular flexibility index (Phi) is 6.75. The van der Waals surface area contributed by atoms with E-state index in [1.54, 1.807) is 0 Å². The van der Waals surface area contributed by atoms with Gasteiger partial charge in [-0.2, -0.15) is 0 Å². The van der Waals surface area contributed by atoms with Crippen LogP contribution in [-0.4, -0.2) is 23.1 Å². The molecule has 2 nitrogen and oxygen atoms in total. The minimum absolute atomic E-state index is 0.0357. The monoisotopic (exact) mass is 422 g/mol. The number of thioether (sulfide) groups is 1. The van der Waals surface area contributed by atoms with Gasteiger partial charge in [-0.15, -0.1) is 11.8 Å². The molecule has 0 amide bonds. The molecule has 152 valence electrons. The van der Waals surface area contributed by atoms with Gasteiger partial charge >= 0.3 is 0 Å². The van der Waals surface area contributed by atoms with Crippen LogP contribution in [0.15, 0.2) is 109 Å². The van der Waals surface area contributed by atoms with Gasteiger partial charge in [0.1, 0.15) is 0 Å². The second-order valence-electron chi connectivity index (χ2n) is 7.16. The van der Waals surface area contributed by atoms with Crippen molar-refractivity contribution in [2.24, 2.45) is 0 Å². The van der Waals surface area contributed by atoms with E-state index in [9.17, 15) is 9.59 Å². The van der Waals surface area contributed by atoms with Crippen LogP contribution in [0.2, 0.25) is 0 Å². The van der Waals surface area contributed by atoms with Crippen molar-refractivity contribution in [3.8, 4) is 22.3 Å². The summed E-state index contributed by atoms with van der Waals surface area (Å²) >= 11 is 1.37. The minimum atomic E-state index is 0.0357. The summed E-state index contributed by atoms with van der Waals surface area (Å²) in [5.74, 6) is 0.605. The van der Waals surface area contributed by atoms with Gasteiger partial charge in [0.05, 0.1) is 11.5 Å². The lowest BCUT2D eigenvalue weighted by molar-refractivity contribution is 0.102. The lowest BCUT2D eigenvalue weighted by Crippen LogP contribution is -2.09. The molecular weight excluding hydrogens is 400 g/mol. The predicted molar refractivity (Wildman–Crippen MR) is 130 cm³/mol. The van der Waals surface area contributed by atoms with E-state index in [0.717, 1.165) is 22.3 Å². The van der Waals surface area contributed by atoms with Gasteiger partial charge < -0.3 is 0 Å². The average molecular weight is 423 g/mol. The molecule has 31 heavy (non-hydrogen) atoms. The first kappa shape index (κ1) is 20.8.